The van der Waals surface area contributed by atoms with Crippen molar-refractivity contribution < 1.29 is 19.1 Å². The van der Waals surface area contributed by atoms with E-state index < -0.39 is 18.0 Å². The Bertz CT molecular complexity index is 693. The quantitative estimate of drug-likeness (QED) is 0.817. The molecule has 0 saturated carbocycles. The molecule has 112 valence electrons. The van der Waals surface area contributed by atoms with Gasteiger partial charge in [0.2, 0.25) is 6.10 Å². The fourth-order valence-electron chi connectivity index (χ4n) is 2.51. The molecule has 1 aliphatic heterocycles. The molecule has 2 aromatic rings. The predicted molar refractivity (Wildman–Crippen MR) is 80.3 cm³/mol. The van der Waals surface area contributed by atoms with Gasteiger partial charge in [0.25, 0.3) is 0 Å². The highest BCUT2D eigenvalue weighted by Crippen LogP contribution is 2.23. The van der Waals surface area contributed by atoms with Gasteiger partial charge < -0.3 is 9.47 Å². The molecule has 1 aliphatic rings. The molecule has 0 radical (unpaired) electrons. The molecule has 0 amide bonds. The Hall–Kier alpha value is -2.62. The van der Waals surface area contributed by atoms with E-state index in [1.165, 1.54) is 0 Å². The number of benzene rings is 2. The summed E-state index contributed by atoms with van der Waals surface area (Å²) in [5, 5.41) is 0. The smallest absolute Gasteiger partial charge is 0.348 e. The van der Waals surface area contributed by atoms with E-state index in [4.69, 9.17) is 9.47 Å². The van der Waals surface area contributed by atoms with Gasteiger partial charge in [0.1, 0.15) is 6.10 Å². The number of fused-ring (bicyclic) bond motifs is 1. The van der Waals surface area contributed by atoms with Crippen molar-refractivity contribution in [3.05, 3.63) is 71.3 Å². The monoisotopic (exact) mass is 296 g/mol. The lowest BCUT2D eigenvalue weighted by Crippen LogP contribution is -2.35. The lowest BCUT2D eigenvalue weighted by molar-refractivity contribution is -0.159. The Kier molecular flexibility index (Phi) is 3.92. The Morgan fingerprint density at radius 3 is 2.59 bits per heavy atom. The summed E-state index contributed by atoms with van der Waals surface area (Å²) in [4.78, 5) is 24.2. The van der Waals surface area contributed by atoms with Crippen LogP contribution in [0.3, 0.4) is 0 Å². The van der Waals surface area contributed by atoms with Gasteiger partial charge in [0.15, 0.2) is 0 Å². The summed E-state index contributed by atoms with van der Waals surface area (Å²) in [5.41, 5.74) is 2.23. The molecule has 0 spiro atoms. The fourth-order valence-corrected chi connectivity index (χ4v) is 2.51. The summed E-state index contributed by atoms with van der Waals surface area (Å²) in [6.07, 6.45) is -0.916. The number of hydrogen-bond acceptors (Lipinski definition) is 4. The molecule has 0 bridgehead atoms. The third-order valence-electron chi connectivity index (χ3n) is 3.72. The number of cyclic esters (lactones) is 1. The second-order valence-corrected chi connectivity index (χ2v) is 5.25. The van der Waals surface area contributed by atoms with Crippen LogP contribution in [0.15, 0.2) is 54.6 Å². The zero-order valence-electron chi connectivity index (χ0n) is 12.2. The maximum absolute atomic E-state index is 12.2. The van der Waals surface area contributed by atoms with E-state index in [9.17, 15) is 9.59 Å². The Morgan fingerprint density at radius 1 is 1.14 bits per heavy atom. The second-order valence-electron chi connectivity index (χ2n) is 5.25. The van der Waals surface area contributed by atoms with Crippen LogP contribution in [-0.4, -0.2) is 18.0 Å². The van der Waals surface area contributed by atoms with Crippen molar-refractivity contribution in [3.63, 3.8) is 0 Å². The third kappa shape index (κ3) is 2.86. The molecule has 3 rings (SSSR count). The zero-order chi connectivity index (χ0) is 15.5. The van der Waals surface area contributed by atoms with Crippen LogP contribution in [0.25, 0.3) is 0 Å². The standard InChI is InChI=1S/C18H16O4/c1-12(13-7-3-2-4-8-13)21-18(20)16-11-14-9-5-6-10-15(14)17(19)22-16/h2-10,12,16H,11H2,1H3/t12-,16+/m1/s1. The lowest BCUT2D eigenvalue weighted by Gasteiger charge is -2.24. The van der Waals surface area contributed by atoms with Crippen LogP contribution in [0.1, 0.15) is 34.5 Å². The van der Waals surface area contributed by atoms with Gasteiger partial charge >= 0.3 is 11.9 Å². The number of hydrogen-bond donors (Lipinski definition) is 0. The highest BCUT2D eigenvalue weighted by atomic mass is 16.6. The molecule has 0 aromatic heterocycles. The largest absolute Gasteiger partial charge is 0.455 e. The molecule has 0 aliphatic carbocycles. The molecule has 0 fully saturated rings. The van der Waals surface area contributed by atoms with Gasteiger partial charge in [-0.1, -0.05) is 48.5 Å². The van der Waals surface area contributed by atoms with Gasteiger partial charge in [0, 0.05) is 6.42 Å². The predicted octanol–water partition coefficient (Wildman–Crippen LogP) is 3.07. The first-order chi connectivity index (χ1) is 10.6. The van der Waals surface area contributed by atoms with Crippen LogP contribution in [0.4, 0.5) is 0 Å². The van der Waals surface area contributed by atoms with Crippen molar-refractivity contribution in [1.82, 2.24) is 0 Å². The normalized spacial score (nSPS) is 18.0. The molecule has 4 nitrogen and oxygen atoms in total. The van der Waals surface area contributed by atoms with Crippen LogP contribution in [0, 0.1) is 0 Å². The summed E-state index contributed by atoms with van der Waals surface area (Å²) >= 11 is 0. The Balaban J connectivity index is 1.70. The van der Waals surface area contributed by atoms with E-state index in [1.54, 1.807) is 19.1 Å². The maximum Gasteiger partial charge on any atom is 0.348 e. The van der Waals surface area contributed by atoms with Crippen molar-refractivity contribution in [2.24, 2.45) is 0 Å². The molecular weight excluding hydrogens is 280 g/mol. The van der Waals surface area contributed by atoms with Gasteiger partial charge in [-0.25, -0.2) is 9.59 Å². The summed E-state index contributed by atoms with van der Waals surface area (Å²) in [6.45, 7) is 1.80. The Labute approximate surface area is 128 Å². The zero-order valence-corrected chi connectivity index (χ0v) is 12.2. The molecular formula is C18H16O4. The summed E-state index contributed by atoms with van der Waals surface area (Å²) in [7, 11) is 0. The minimum atomic E-state index is -0.881. The molecule has 2 atom stereocenters. The minimum Gasteiger partial charge on any atom is -0.455 e. The highest BCUT2D eigenvalue weighted by Gasteiger charge is 2.33. The second kappa shape index (κ2) is 6.02. The number of carbonyl (C=O) groups is 2. The Morgan fingerprint density at radius 2 is 1.82 bits per heavy atom. The third-order valence-corrected chi connectivity index (χ3v) is 3.72. The number of esters is 2. The van der Waals surface area contributed by atoms with Gasteiger partial charge in [-0.05, 0) is 24.1 Å². The van der Waals surface area contributed by atoms with Gasteiger partial charge in [-0.3, -0.25) is 0 Å². The molecule has 2 aromatic carbocycles. The molecule has 0 unspecified atom stereocenters. The number of carbonyl (C=O) groups excluding carboxylic acids is 2. The van der Waals surface area contributed by atoms with Crippen LogP contribution < -0.4 is 0 Å². The van der Waals surface area contributed by atoms with Crippen molar-refractivity contribution in [2.75, 3.05) is 0 Å². The molecule has 0 N–H and O–H groups in total. The average molecular weight is 296 g/mol. The van der Waals surface area contributed by atoms with E-state index in [2.05, 4.69) is 0 Å². The number of rotatable bonds is 3. The van der Waals surface area contributed by atoms with Crippen molar-refractivity contribution in [2.45, 2.75) is 25.6 Å². The van der Waals surface area contributed by atoms with Gasteiger partial charge in [-0.2, -0.15) is 0 Å². The highest BCUT2D eigenvalue weighted by molar-refractivity contribution is 5.94. The number of ether oxygens (including phenoxy) is 2. The first-order valence-corrected chi connectivity index (χ1v) is 7.19. The van der Waals surface area contributed by atoms with Gasteiger partial charge in [-0.15, -0.1) is 0 Å². The van der Waals surface area contributed by atoms with E-state index in [1.807, 2.05) is 42.5 Å². The van der Waals surface area contributed by atoms with Crippen LogP contribution in [0.2, 0.25) is 0 Å². The van der Waals surface area contributed by atoms with E-state index in [-0.39, 0.29) is 6.10 Å². The summed E-state index contributed by atoms with van der Waals surface area (Å²) < 4.78 is 10.6. The summed E-state index contributed by atoms with van der Waals surface area (Å²) in [5.74, 6) is -0.990. The van der Waals surface area contributed by atoms with Crippen molar-refractivity contribution in [3.8, 4) is 0 Å². The first kappa shape index (κ1) is 14.3. The summed E-state index contributed by atoms with van der Waals surface area (Å²) in [6, 6.07) is 16.6. The minimum absolute atomic E-state index is 0.349. The lowest BCUT2D eigenvalue weighted by atomic mass is 9.99. The molecule has 0 saturated heterocycles. The maximum atomic E-state index is 12.2. The molecule has 22 heavy (non-hydrogen) atoms. The van der Waals surface area contributed by atoms with Crippen molar-refractivity contribution in [1.29, 1.82) is 0 Å². The van der Waals surface area contributed by atoms with Gasteiger partial charge in [0.05, 0.1) is 5.56 Å². The molecule has 4 heteroatoms. The van der Waals surface area contributed by atoms with Crippen LogP contribution >= 0.6 is 0 Å². The van der Waals surface area contributed by atoms with E-state index in [0.717, 1.165) is 11.1 Å². The van der Waals surface area contributed by atoms with Crippen molar-refractivity contribution >= 4 is 11.9 Å². The first-order valence-electron chi connectivity index (χ1n) is 7.19. The van der Waals surface area contributed by atoms with E-state index in [0.29, 0.717) is 12.0 Å². The van der Waals surface area contributed by atoms with Crippen LogP contribution in [0.5, 0.6) is 0 Å². The van der Waals surface area contributed by atoms with E-state index >= 15 is 0 Å². The average Bonchev–Trinajstić information content (AvgIpc) is 2.55. The molecule has 1 heterocycles. The SMILES string of the molecule is C[C@@H](OC(=O)[C@@H]1Cc2ccccc2C(=O)O1)c1ccccc1. The topological polar surface area (TPSA) is 52.6 Å². The van der Waals surface area contributed by atoms with Crippen LogP contribution in [-0.2, 0) is 20.7 Å². The fraction of sp³-hybridized carbons (Fsp3) is 0.222.